The average molecular weight is 472 g/mol. The molecule has 1 nitrogen and oxygen atoms in total. The van der Waals surface area contributed by atoms with Crippen molar-refractivity contribution in [2.45, 2.75) is 0 Å². The molecule has 0 saturated carbocycles. The van der Waals surface area contributed by atoms with Crippen LogP contribution in [-0.4, -0.2) is 0 Å². The normalized spacial score (nSPS) is 11.2. The van der Waals surface area contributed by atoms with Crippen LogP contribution in [0.2, 0.25) is 0 Å². The summed E-state index contributed by atoms with van der Waals surface area (Å²) in [5.41, 5.74) is 7.03. The van der Waals surface area contributed by atoms with Crippen LogP contribution in [0.25, 0.3) is 54.6 Å². The lowest BCUT2D eigenvalue weighted by Gasteiger charge is -2.13. The minimum Gasteiger partial charge on any atom is -0.355 e. The number of rotatable bonds is 4. The molecule has 7 aromatic carbocycles. The number of benzene rings is 7. The molecule has 0 aliphatic heterocycles. The molecule has 0 unspecified atom stereocenters. The highest BCUT2D eigenvalue weighted by atomic mass is 14.9. The summed E-state index contributed by atoms with van der Waals surface area (Å²) < 4.78 is 0. The first kappa shape index (κ1) is 21.4. The van der Waals surface area contributed by atoms with E-state index >= 15 is 0 Å². The van der Waals surface area contributed by atoms with Gasteiger partial charge in [0.2, 0.25) is 0 Å². The first-order chi connectivity index (χ1) is 18.3. The summed E-state index contributed by atoms with van der Waals surface area (Å²) in [5, 5.41) is 11.3. The first-order valence-electron chi connectivity index (χ1n) is 12.7. The van der Waals surface area contributed by atoms with Crippen LogP contribution in [0.15, 0.2) is 146 Å². The van der Waals surface area contributed by atoms with Crippen molar-refractivity contribution in [2.24, 2.45) is 0 Å². The van der Waals surface area contributed by atoms with E-state index in [0.29, 0.717) is 0 Å². The molecule has 0 fully saturated rings. The minimum atomic E-state index is 1.07. The molecule has 37 heavy (non-hydrogen) atoms. The van der Waals surface area contributed by atoms with Crippen molar-refractivity contribution in [1.82, 2.24) is 0 Å². The van der Waals surface area contributed by atoms with E-state index in [-0.39, 0.29) is 0 Å². The van der Waals surface area contributed by atoms with Crippen LogP contribution in [0.5, 0.6) is 0 Å². The Morgan fingerprint density at radius 3 is 1.73 bits per heavy atom. The maximum Gasteiger partial charge on any atom is 0.0390 e. The molecule has 0 bridgehead atoms. The lowest BCUT2D eigenvalue weighted by atomic mass is 9.93. The number of hydrogen-bond donors (Lipinski definition) is 1. The van der Waals surface area contributed by atoms with E-state index in [1.165, 1.54) is 54.6 Å². The van der Waals surface area contributed by atoms with E-state index in [0.717, 1.165) is 11.4 Å². The molecule has 0 saturated heterocycles. The van der Waals surface area contributed by atoms with Crippen molar-refractivity contribution in [3.05, 3.63) is 146 Å². The standard InChI is InChI=1S/C36H25N/c1-2-10-26-21-28(20-19-25(26)9-1)27-12-7-14-31(22-27)37-32-15-8-13-29(23-32)36-24-30-11-3-4-16-33(30)34-17-5-6-18-35(34)36/h1-24,37H. The number of anilines is 2. The SMILES string of the molecule is c1cc(Nc2cccc(-c3cc4ccccc4c4ccccc34)c2)cc(-c2ccc3ccccc3c2)c1. The lowest BCUT2D eigenvalue weighted by molar-refractivity contribution is 1.54. The van der Waals surface area contributed by atoms with Crippen LogP contribution >= 0.6 is 0 Å². The molecule has 0 radical (unpaired) electrons. The zero-order chi connectivity index (χ0) is 24.6. The van der Waals surface area contributed by atoms with E-state index < -0.39 is 0 Å². The van der Waals surface area contributed by atoms with E-state index in [1.54, 1.807) is 0 Å². The zero-order valence-corrected chi connectivity index (χ0v) is 20.4. The van der Waals surface area contributed by atoms with Crippen LogP contribution in [0.4, 0.5) is 11.4 Å². The third kappa shape index (κ3) is 4.01. The summed E-state index contributed by atoms with van der Waals surface area (Å²) in [6, 6.07) is 52.2. The second-order valence-corrected chi connectivity index (χ2v) is 9.54. The smallest absolute Gasteiger partial charge is 0.0390 e. The van der Waals surface area contributed by atoms with Gasteiger partial charge >= 0.3 is 0 Å². The second kappa shape index (κ2) is 8.96. The fourth-order valence-electron chi connectivity index (χ4n) is 5.37. The van der Waals surface area contributed by atoms with Gasteiger partial charge in [-0.05, 0) is 91.0 Å². The van der Waals surface area contributed by atoms with Gasteiger partial charge in [0.1, 0.15) is 0 Å². The van der Waals surface area contributed by atoms with Crippen molar-refractivity contribution in [2.75, 3.05) is 5.32 Å². The molecule has 0 atom stereocenters. The first-order valence-corrected chi connectivity index (χ1v) is 12.7. The van der Waals surface area contributed by atoms with Crippen LogP contribution in [0.1, 0.15) is 0 Å². The molecule has 0 aliphatic carbocycles. The Balaban J connectivity index is 1.26. The predicted octanol–water partition coefficient (Wildman–Crippen LogP) is 10.2. The fourth-order valence-corrected chi connectivity index (χ4v) is 5.37. The minimum absolute atomic E-state index is 1.07. The number of fused-ring (bicyclic) bond motifs is 4. The maximum atomic E-state index is 3.65. The molecule has 0 aromatic heterocycles. The molecule has 0 heterocycles. The summed E-state index contributed by atoms with van der Waals surface area (Å²) in [6.07, 6.45) is 0. The Morgan fingerprint density at radius 2 is 0.919 bits per heavy atom. The van der Waals surface area contributed by atoms with Crippen molar-refractivity contribution in [3.8, 4) is 22.3 Å². The highest BCUT2D eigenvalue weighted by Crippen LogP contribution is 2.36. The molecule has 1 N–H and O–H groups in total. The molecule has 1 heteroatoms. The van der Waals surface area contributed by atoms with Crippen LogP contribution in [0, 0.1) is 0 Å². The highest BCUT2D eigenvalue weighted by Gasteiger charge is 2.09. The van der Waals surface area contributed by atoms with Crippen molar-refractivity contribution in [1.29, 1.82) is 0 Å². The molecule has 0 spiro atoms. The molecular formula is C36H25N. The van der Waals surface area contributed by atoms with Gasteiger partial charge in [0, 0.05) is 11.4 Å². The van der Waals surface area contributed by atoms with Gasteiger partial charge in [-0.3, -0.25) is 0 Å². The van der Waals surface area contributed by atoms with Crippen molar-refractivity contribution in [3.63, 3.8) is 0 Å². The fraction of sp³-hybridized carbons (Fsp3) is 0. The lowest BCUT2D eigenvalue weighted by Crippen LogP contribution is -1.92. The zero-order valence-electron chi connectivity index (χ0n) is 20.4. The van der Waals surface area contributed by atoms with Crippen molar-refractivity contribution < 1.29 is 0 Å². The molecule has 0 aliphatic rings. The van der Waals surface area contributed by atoms with E-state index in [1.807, 2.05) is 0 Å². The van der Waals surface area contributed by atoms with Crippen LogP contribution in [0.3, 0.4) is 0 Å². The van der Waals surface area contributed by atoms with Gasteiger partial charge in [0.25, 0.3) is 0 Å². The van der Waals surface area contributed by atoms with Gasteiger partial charge < -0.3 is 5.32 Å². The monoisotopic (exact) mass is 471 g/mol. The number of hydrogen-bond acceptors (Lipinski definition) is 1. The van der Waals surface area contributed by atoms with Crippen LogP contribution in [-0.2, 0) is 0 Å². The summed E-state index contributed by atoms with van der Waals surface area (Å²) in [4.78, 5) is 0. The Labute approximate surface area is 216 Å². The highest BCUT2D eigenvalue weighted by molar-refractivity contribution is 6.13. The molecule has 0 amide bonds. The van der Waals surface area contributed by atoms with Gasteiger partial charge in [0.15, 0.2) is 0 Å². The Hall–Kier alpha value is -4.88. The Bertz CT molecular complexity index is 1910. The molecule has 7 rings (SSSR count). The van der Waals surface area contributed by atoms with E-state index in [9.17, 15) is 0 Å². The topological polar surface area (TPSA) is 12.0 Å². The van der Waals surface area contributed by atoms with E-state index in [2.05, 4.69) is 151 Å². The summed E-state index contributed by atoms with van der Waals surface area (Å²) >= 11 is 0. The molecule has 174 valence electrons. The van der Waals surface area contributed by atoms with Crippen LogP contribution < -0.4 is 5.32 Å². The van der Waals surface area contributed by atoms with Gasteiger partial charge in [-0.1, -0.05) is 109 Å². The van der Waals surface area contributed by atoms with Gasteiger partial charge in [-0.15, -0.1) is 0 Å². The average Bonchev–Trinajstić information content (AvgIpc) is 2.97. The Kier molecular flexibility index (Phi) is 5.19. The van der Waals surface area contributed by atoms with E-state index in [4.69, 9.17) is 0 Å². The van der Waals surface area contributed by atoms with Gasteiger partial charge in [0.05, 0.1) is 0 Å². The third-order valence-corrected chi connectivity index (χ3v) is 7.18. The second-order valence-electron chi connectivity index (χ2n) is 9.54. The molecular weight excluding hydrogens is 446 g/mol. The Morgan fingerprint density at radius 1 is 0.324 bits per heavy atom. The summed E-state index contributed by atoms with van der Waals surface area (Å²) in [5.74, 6) is 0. The largest absolute Gasteiger partial charge is 0.355 e. The van der Waals surface area contributed by atoms with Gasteiger partial charge in [-0.2, -0.15) is 0 Å². The number of nitrogens with one attached hydrogen (secondary N) is 1. The maximum absolute atomic E-state index is 3.65. The molecule has 7 aromatic rings. The third-order valence-electron chi connectivity index (χ3n) is 7.18. The van der Waals surface area contributed by atoms with Crippen molar-refractivity contribution >= 4 is 43.7 Å². The quantitative estimate of drug-likeness (QED) is 0.252. The van der Waals surface area contributed by atoms with Gasteiger partial charge in [-0.25, -0.2) is 0 Å². The summed E-state index contributed by atoms with van der Waals surface area (Å²) in [6.45, 7) is 0. The predicted molar refractivity (Wildman–Crippen MR) is 160 cm³/mol. The summed E-state index contributed by atoms with van der Waals surface area (Å²) in [7, 11) is 0.